The number of rotatable bonds is 3. The van der Waals surface area contributed by atoms with Crippen LogP contribution in [-0.2, 0) is 13.6 Å². The van der Waals surface area contributed by atoms with E-state index in [-0.39, 0.29) is 5.82 Å². The van der Waals surface area contributed by atoms with Gasteiger partial charge in [-0.3, -0.25) is 4.68 Å². The van der Waals surface area contributed by atoms with Gasteiger partial charge < -0.3 is 5.32 Å². The molecule has 0 aliphatic carbocycles. The molecule has 0 amide bonds. The number of hydrogen-bond acceptors (Lipinski definition) is 2. The summed E-state index contributed by atoms with van der Waals surface area (Å²) < 4.78 is 15.6. The number of hydrogen-bond donors (Lipinski definition) is 1. The van der Waals surface area contributed by atoms with Crippen molar-refractivity contribution < 1.29 is 4.39 Å². The van der Waals surface area contributed by atoms with Crippen LogP contribution in [0.15, 0.2) is 34.9 Å². The molecule has 0 unspecified atom stereocenters. The summed E-state index contributed by atoms with van der Waals surface area (Å²) >= 11 is 3.38. The molecule has 1 aromatic heterocycles. The maximum Gasteiger partial charge on any atom is 0.148 e. The number of nitrogens with one attached hydrogen (secondary N) is 1. The maximum atomic E-state index is 13.0. The second-order valence-electron chi connectivity index (χ2n) is 3.46. The van der Waals surface area contributed by atoms with Gasteiger partial charge in [-0.05, 0) is 23.8 Å². The van der Waals surface area contributed by atoms with Crippen LogP contribution in [0.5, 0.6) is 0 Å². The summed E-state index contributed by atoms with van der Waals surface area (Å²) in [6.45, 7) is 0.537. The Kier molecular flexibility index (Phi) is 3.24. The smallest absolute Gasteiger partial charge is 0.148 e. The Morgan fingerprint density at radius 2 is 2.25 bits per heavy atom. The van der Waals surface area contributed by atoms with Gasteiger partial charge in [-0.25, -0.2) is 4.39 Å². The fraction of sp³-hybridized carbons (Fsp3) is 0.182. The Morgan fingerprint density at radius 3 is 2.94 bits per heavy atom. The first-order valence-electron chi connectivity index (χ1n) is 4.82. The van der Waals surface area contributed by atoms with Gasteiger partial charge in [0.15, 0.2) is 0 Å². The standard InChI is InChI=1S/C11H11BrFN3/c1-16-5-4-11(15-16)14-7-8-6-9(13)2-3-10(8)12/h2-6H,7H2,1H3,(H,14,15). The molecule has 0 bridgehead atoms. The average Bonchev–Trinajstić information content (AvgIpc) is 2.66. The Balaban J connectivity index is 2.07. The number of aryl methyl sites for hydroxylation is 1. The molecular formula is C11H11BrFN3. The van der Waals surface area contributed by atoms with Crippen LogP contribution in [0.3, 0.4) is 0 Å². The quantitative estimate of drug-likeness (QED) is 0.939. The molecule has 0 saturated heterocycles. The van der Waals surface area contributed by atoms with Crippen molar-refractivity contribution in [3.05, 3.63) is 46.3 Å². The molecule has 0 fully saturated rings. The number of nitrogens with zero attached hydrogens (tertiary/aromatic N) is 2. The van der Waals surface area contributed by atoms with Gasteiger partial charge in [0.1, 0.15) is 11.6 Å². The van der Waals surface area contributed by atoms with Gasteiger partial charge in [0.25, 0.3) is 0 Å². The van der Waals surface area contributed by atoms with Gasteiger partial charge >= 0.3 is 0 Å². The van der Waals surface area contributed by atoms with Gasteiger partial charge in [-0.2, -0.15) is 5.10 Å². The minimum atomic E-state index is -0.235. The van der Waals surface area contributed by atoms with Crippen molar-refractivity contribution in [3.63, 3.8) is 0 Å². The van der Waals surface area contributed by atoms with E-state index in [1.54, 1.807) is 10.7 Å². The van der Waals surface area contributed by atoms with Gasteiger partial charge in [0, 0.05) is 30.3 Å². The molecule has 1 heterocycles. The van der Waals surface area contributed by atoms with Crippen LogP contribution in [0.2, 0.25) is 0 Å². The second-order valence-corrected chi connectivity index (χ2v) is 4.32. The molecule has 0 aliphatic rings. The van der Waals surface area contributed by atoms with Crippen LogP contribution in [0.25, 0.3) is 0 Å². The van der Waals surface area contributed by atoms with Crippen molar-refractivity contribution in [2.24, 2.45) is 7.05 Å². The zero-order valence-corrected chi connectivity index (χ0v) is 10.3. The molecule has 0 atom stereocenters. The highest BCUT2D eigenvalue weighted by Crippen LogP contribution is 2.18. The van der Waals surface area contributed by atoms with E-state index in [2.05, 4.69) is 26.3 Å². The molecule has 0 spiro atoms. The van der Waals surface area contributed by atoms with E-state index in [4.69, 9.17) is 0 Å². The maximum absolute atomic E-state index is 13.0. The topological polar surface area (TPSA) is 29.9 Å². The zero-order valence-electron chi connectivity index (χ0n) is 8.74. The van der Waals surface area contributed by atoms with Gasteiger partial charge in [0.2, 0.25) is 0 Å². The Hall–Kier alpha value is -1.36. The van der Waals surface area contributed by atoms with Crippen LogP contribution < -0.4 is 5.32 Å². The highest BCUT2D eigenvalue weighted by atomic mass is 79.9. The molecule has 5 heteroatoms. The van der Waals surface area contributed by atoms with Crippen LogP contribution >= 0.6 is 15.9 Å². The minimum Gasteiger partial charge on any atom is -0.364 e. The third-order valence-corrected chi connectivity index (χ3v) is 2.95. The largest absolute Gasteiger partial charge is 0.364 e. The van der Waals surface area contributed by atoms with Crippen molar-refractivity contribution in [1.29, 1.82) is 0 Å². The summed E-state index contributed by atoms with van der Waals surface area (Å²) in [6.07, 6.45) is 1.85. The summed E-state index contributed by atoms with van der Waals surface area (Å²) in [5, 5.41) is 7.30. The predicted octanol–water partition coefficient (Wildman–Crippen LogP) is 2.93. The Morgan fingerprint density at radius 1 is 1.44 bits per heavy atom. The molecule has 0 aliphatic heterocycles. The third kappa shape index (κ3) is 2.61. The Bertz CT molecular complexity index is 496. The number of aromatic nitrogens is 2. The van der Waals surface area contributed by atoms with Gasteiger partial charge in [0.05, 0.1) is 0 Å². The lowest BCUT2D eigenvalue weighted by Gasteiger charge is -2.05. The lowest BCUT2D eigenvalue weighted by molar-refractivity contribution is 0.625. The van der Waals surface area contributed by atoms with E-state index in [1.165, 1.54) is 12.1 Å². The highest BCUT2D eigenvalue weighted by molar-refractivity contribution is 9.10. The molecule has 0 radical (unpaired) electrons. The number of benzene rings is 1. The summed E-state index contributed by atoms with van der Waals surface area (Å²) in [4.78, 5) is 0. The number of halogens is 2. The van der Waals surface area contributed by atoms with Crippen molar-refractivity contribution >= 4 is 21.7 Å². The summed E-state index contributed by atoms with van der Waals surface area (Å²) in [5.41, 5.74) is 0.866. The molecule has 3 nitrogen and oxygen atoms in total. The first kappa shape index (κ1) is 11.1. The van der Waals surface area contributed by atoms with Crippen molar-refractivity contribution in [1.82, 2.24) is 9.78 Å². The van der Waals surface area contributed by atoms with Crippen LogP contribution in [0.1, 0.15) is 5.56 Å². The molecule has 16 heavy (non-hydrogen) atoms. The highest BCUT2D eigenvalue weighted by Gasteiger charge is 2.02. The summed E-state index contributed by atoms with van der Waals surface area (Å²) in [7, 11) is 1.85. The fourth-order valence-corrected chi connectivity index (χ4v) is 1.76. The monoisotopic (exact) mass is 283 g/mol. The van der Waals surface area contributed by atoms with E-state index in [1.807, 2.05) is 19.3 Å². The van der Waals surface area contributed by atoms with Crippen LogP contribution in [-0.4, -0.2) is 9.78 Å². The molecular weight excluding hydrogens is 273 g/mol. The SMILES string of the molecule is Cn1ccc(NCc2cc(F)ccc2Br)n1. The normalized spacial score (nSPS) is 10.4. The van der Waals surface area contributed by atoms with E-state index in [0.29, 0.717) is 6.54 Å². The Labute approximate surface area is 101 Å². The van der Waals surface area contributed by atoms with E-state index in [9.17, 15) is 4.39 Å². The average molecular weight is 284 g/mol. The zero-order chi connectivity index (χ0) is 11.5. The lowest BCUT2D eigenvalue weighted by Crippen LogP contribution is -2.02. The molecule has 1 N–H and O–H groups in total. The first-order chi connectivity index (χ1) is 7.65. The molecule has 2 rings (SSSR count). The van der Waals surface area contributed by atoms with E-state index < -0.39 is 0 Å². The second kappa shape index (κ2) is 4.65. The van der Waals surface area contributed by atoms with Crippen molar-refractivity contribution in [2.45, 2.75) is 6.54 Å². The van der Waals surface area contributed by atoms with Crippen molar-refractivity contribution in [2.75, 3.05) is 5.32 Å². The molecule has 2 aromatic rings. The molecule has 1 aromatic carbocycles. The predicted molar refractivity (Wildman–Crippen MR) is 64.6 cm³/mol. The summed E-state index contributed by atoms with van der Waals surface area (Å²) in [5.74, 6) is 0.541. The van der Waals surface area contributed by atoms with E-state index >= 15 is 0 Å². The molecule has 0 saturated carbocycles. The van der Waals surface area contributed by atoms with Gasteiger partial charge in [-0.15, -0.1) is 0 Å². The fourth-order valence-electron chi connectivity index (χ4n) is 1.37. The minimum absolute atomic E-state index is 0.235. The third-order valence-electron chi connectivity index (χ3n) is 2.18. The lowest BCUT2D eigenvalue weighted by atomic mass is 10.2. The van der Waals surface area contributed by atoms with Crippen LogP contribution in [0, 0.1) is 5.82 Å². The van der Waals surface area contributed by atoms with E-state index in [0.717, 1.165) is 15.9 Å². The van der Waals surface area contributed by atoms with Gasteiger partial charge in [-0.1, -0.05) is 15.9 Å². The van der Waals surface area contributed by atoms with Crippen LogP contribution in [0.4, 0.5) is 10.2 Å². The van der Waals surface area contributed by atoms with Crippen molar-refractivity contribution in [3.8, 4) is 0 Å². The number of anilines is 1. The molecule has 84 valence electrons. The summed E-state index contributed by atoms with van der Waals surface area (Å²) in [6, 6.07) is 6.49. The first-order valence-corrected chi connectivity index (χ1v) is 5.62.